The van der Waals surface area contributed by atoms with Gasteiger partial charge in [-0.25, -0.2) is 0 Å². The van der Waals surface area contributed by atoms with Crippen LogP contribution in [-0.2, 0) is 11.2 Å². The molecule has 0 bridgehead atoms. The molecule has 2 amide bonds. The van der Waals surface area contributed by atoms with E-state index in [2.05, 4.69) is 10.6 Å². The van der Waals surface area contributed by atoms with E-state index in [4.69, 9.17) is 11.6 Å². The Morgan fingerprint density at radius 1 is 1.05 bits per heavy atom. The number of rotatable bonds is 6. The first kappa shape index (κ1) is 15.5. The first-order valence-electron chi connectivity index (χ1n) is 6.49. The number of benzene rings is 1. The van der Waals surface area contributed by atoms with Gasteiger partial charge in [-0.2, -0.15) is 0 Å². The Hall–Kier alpha value is -1.85. The predicted molar refractivity (Wildman–Crippen MR) is 84.8 cm³/mol. The zero-order valence-corrected chi connectivity index (χ0v) is 12.8. The van der Waals surface area contributed by atoms with Gasteiger partial charge in [-0.3, -0.25) is 9.59 Å². The Labute approximate surface area is 132 Å². The largest absolute Gasteiger partial charge is 0.354 e. The highest BCUT2D eigenvalue weighted by Crippen LogP contribution is 2.21. The van der Waals surface area contributed by atoms with Crippen LogP contribution in [-0.4, -0.2) is 24.9 Å². The van der Waals surface area contributed by atoms with Crippen LogP contribution in [0.3, 0.4) is 0 Å². The summed E-state index contributed by atoms with van der Waals surface area (Å²) in [6.07, 6.45) is 0.732. The van der Waals surface area contributed by atoms with E-state index in [0.717, 1.165) is 15.6 Å². The molecule has 1 aromatic carbocycles. The van der Waals surface area contributed by atoms with Crippen LogP contribution < -0.4 is 10.6 Å². The van der Waals surface area contributed by atoms with Gasteiger partial charge in [-0.05, 0) is 30.7 Å². The third-order valence-electron chi connectivity index (χ3n) is 2.77. The van der Waals surface area contributed by atoms with Crippen molar-refractivity contribution in [1.82, 2.24) is 10.6 Å². The van der Waals surface area contributed by atoms with Crippen LogP contribution in [0.5, 0.6) is 0 Å². The standard InChI is InChI=1S/C15H15ClN2O2S/c16-13-7-6-12(21-13)8-9-17-14(19)10-18-15(20)11-4-2-1-3-5-11/h1-7H,8-10H2,(H,17,19)(H,18,20). The number of carbonyl (C=O) groups is 2. The lowest BCUT2D eigenvalue weighted by Crippen LogP contribution is -2.37. The van der Waals surface area contributed by atoms with E-state index in [1.54, 1.807) is 24.3 Å². The molecule has 0 atom stereocenters. The molecule has 1 aromatic heterocycles. The average Bonchev–Trinajstić information content (AvgIpc) is 2.91. The Morgan fingerprint density at radius 3 is 2.48 bits per heavy atom. The maximum atomic E-state index is 11.7. The molecule has 21 heavy (non-hydrogen) atoms. The maximum Gasteiger partial charge on any atom is 0.251 e. The SMILES string of the molecule is O=C(CNC(=O)c1ccccc1)NCCc1ccc(Cl)s1. The highest BCUT2D eigenvalue weighted by Gasteiger charge is 2.07. The van der Waals surface area contributed by atoms with E-state index in [0.29, 0.717) is 12.1 Å². The van der Waals surface area contributed by atoms with Crippen molar-refractivity contribution in [2.45, 2.75) is 6.42 Å². The lowest BCUT2D eigenvalue weighted by Gasteiger charge is -2.06. The minimum Gasteiger partial charge on any atom is -0.354 e. The third-order valence-corrected chi connectivity index (χ3v) is 4.06. The molecule has 0 spiro atoms. The van der Waals surface area contributed by atoms with Crippen molar-refractivity contribution in [1.29, 1.82) is 0 Å². The van der Waals surface area contributed by atoms with Gasteiger partial charge in [0.2, 0.25) is 5.91 Å². The van der Waals surface area contributed by atoms with Crippen molar-refractivity contribution in [3.63, 3.8) is 0 Å². The van der Waals surface area contributed by atoms with Crippen LogP contribution in [0.15, 0.2) is 42.5 Å². The van der Waals surface area contributed by atoms with E-state index in [-0.39, 0.29) is 18.4 Å². The average molecular weight is 323 g/mol. The minimum atomic E-state index is -0.254. The zero-order valence-electron chi connectivity index (χ0n) is 11.3. The van der Waals surface area contributed by atoms with Crippen molar-refractivity contribution < 1.29 is 9.59 Å². The molecule has 0 unspecified atom stereocenters. The molecule has 0 saturated carbocycles. The topological polar surface area (TPSA) is 58.2 Å². The lowest BCUT2D eigenvalue weighted by atomic mass is 10.2. The van der Waals surface area contributed by atoms with Crippen LogP contribution in [0.25, 0.3) is 0 Å². The third kappa shape index (κ3) is 5.21. The number of amides is 2. The lowest BCUT2D eigenvalue weighted by molar-refractivity contribution is -0.120. The number of thiophene rings is 1. The molecule has 2 aromatic rings. The van der Waals surface area contributed by atoms with Gasteiger partial charge >= 0.3 is 0 Å². The molecule has 0 saturated heterocycles. The highest BCUT2D eigenvalue weighted by atomic mass is 35.5. The summed E-state index contributed by atoms with van der Waals surface area (Å²) in [5.41, 5.74) is 0.540. The fourth-order valence-corrected chi connectivity index (χ4v) is 2.81. The molecular weight excluding hydrogens is 308 g/mol. The normalized spacial score (nSPS) is 10.1. The first-order valence-corrected chi connectivity index (χ1v) is 7.69. The van der Waals surface area contributed by atoms with E-state index >= 15 is 0 Å². The van der Waals surface area contributed by atoms with Crippen molar-refractivity contribution >= 4 is 34.8 Å². The van der Waals surface area contributed by atoms with Gasteiger partial charge in [-0.15, -0.1) is 11.3 Å². The molecule has 0 aliphatic rings. The summed E-state index contributed by atoms with van der Waals surface area (Å²) in [5, 5.41) is 5.34. The minimum absolute atomic E-state index is 0.0288. The summed E-state index contributed by atoms with van der Waals surface area (Å²) >= 11 is 7.33. The second-order valence-corrected chi connectivity index (χ2v) is 6.15. The van der Waals surface area contributed by atoms with E-state index in [1.807, 2.05) is 18.2 Å². The number of hydrogen-bond donors (Lipinski definition) is 2. The molecule has 0 aliphatic carbocycles. The van der Waals surface area contributed by atoms with Gasteiger partial charge in [0.25, 0.3) is 5.91 Å². The number of carbonyl (C=O) groups excluding carboxylic acids is 2. The highest BCUT2D eigenvalue weighted by molar-refractivity contribution is 7.16. The monoisotopic (exact) mass is 322 g/mol. The summed E-state index contributed by atoms with van der Waals surface area (Å²) in [4.78, 5) is 24.5. The molecule has 0 fully saturated rings. The molecular formula is C15H15ClN2O2S. The van der Waals surface area contributed by atoms with E-state index < -0.39 is 0 Å². The molecule has 1 heterocycles. The summed E-state index contributed by atoms with van der Waals surface area (Å²) < 4.78 is 0.742. The summed E-state index contributed by atoms with van der Waals surface area (Å²) in [6, 6.07) is 12.6. The van der Waals surface area contributed by atoms with Gasteiger partial charge < -0.3 is 10.6 Å². The van der Waals surface area contributed by atoms with Crippen LogP contribution in [0.1, 0.15) is 15.2 Å². The summed E-state index contributed by atoms with van der Waals surface area (Å²) in [6.45, 7) is 0.496. The molecule has 6 heteroatoms. The van der Waals surface area contributed by atoms with Crippen molar-refractivity contribution in [2.24, 2.45) is 0 Å². The van der Waals surface area contributed by atoms with Crippen LogP contribution >= 0.6 is 22.9 Å². The van der Waals surface area contributed by atoms with E-state index in [9.17, 15) is 9.59 Å². The molecule has 0 radical (unpaired) electrons. The second kappa shape index (κ2) is 7.81. The van der Waals surface area contributed by atoms with Gasteiger partial charge in [0.15, 0.2) is 0 Å². The number of hydrogen-bond acceptors (Lipinski definition) is 3. The molecule has 0 aliphatic heterocycles. The summed E-state index contributed by atoms with van der Waals surface area (Å²) in [7, 11) is 0. The van der Waals surface area contributed by atoms with Gasteiger partial charge in [0, 0.05) is 17.0 Å². The van der Waals surface area contributed by atoms with Crippen LogP contribution in [0, 0.1) is 0 Å². The molecule has 4 nitrogen and oxygen atoms in total. The van der Waals surface area contributed by atoms with Crippen molar-refractivity contribution in [3.8, 4) is 0 Å². The zero-order chi connectivity index (χ0) is 15.1. The van der Waals surface area contributed by atoms with Crippen LogP contribution in [0.4, 0.5) is 0 Å². The second-order valence-electron chi connectivity index (χ2n) is 4.35. The Kier molecular flexibility index (Phi) is 5.78. The Bertz CT molecular complexity index is 613. The van der Waals surface area contributed by atoms with Gasteiger partial charge in [0.05, 0.1) is 10.9 Å². The smallest absolute Gasteiger partial charge is 0.251 e. The predicted octanol–water partition coefficient (Wildman–Crippen LogP) is 2.49. The summed E-state index contributed by atoms with van der Waals surface area (Å²) in [5.74, 6) is -0.460. The van der Waals surface area contributed by atoms with E-state index in [1.165, 1.54) is 11.3 Å². The van der Waals surface area contributed by atoms with Crippen molar-refractivity contribution in [3.05, 3.63) is 57.2 Å². The van der Waals surface area contributed by atoms with Gasteiger partial charge in [-0.1, -0.05) is 29.8 Å². The fourth-order valence-electron chi connectivity index (χ4n) is 1.73. The Morgan fingerprint density at radius 2 is 1.81 bits per heavy atom. The van der Waals surface area contributed by atoms with Gasteiger partial charge in [0.1, 0.15) is 0 Å². The number of nitrogens with one attached hydrogen (secondary N) is 2. The fraction of sp³-hybridized carbons (Fsp3) is 0.200. The molecule has 2 N–H and O–H groups in total. The molecule has 2 rings (SSSR count). The van der Waals surface area contributed by atoms with Crippen molar-refractivity contribution in [2.75, 3.05) is 13.1 Å². The molecule has 110 valence electrons. The Balaban J connectivity index is 1.67. The quantitative estimate of drug-likeness (QED) is 0.858. The van der Waals surface area contributed by atoms with Crippen LogP contribution in [0.2, 0.25) is 4.34 Å². The maximum absolute atomic E-state index is 11.7. The first-order chi connectivity index (χ1) is 10.1. The number of halogens is 1.